The van der Waals surface area contributed by atoms with Gasteiger partial charge < -0.3 is 20.3 Å². The van der Waals surface area contributed by atoms with Crippen molar-refractivity contribution >= 4 is 17.8 Å². The molecule has 1 saturated heterocycles. The van der Waals surface area contributed by atoms with Crippen LogP contribution in [0.2, 0.25) is 0 Å². The standard InChI is InChI=1S/C17H24N4O4/c22-15(20-14(17(24)25)8-13-9-18-10-19-13)11-4-6-21(7-5-11)16(23)12-2-1-3-12/h9-12,14H,1-8H2,(H,18,19)(H,20,22)(H,24,25). The second kappa shape index (κ2) is 7.67. The van der Waals surface area contributed by atoms with Crippen LogP contribution in [0.25, 0.3) is 0 Å². The first-order valence-electron chi connectivity index (χ1n) is 8.84. The molecule has 25 heavy (non-hydrogen) atoms. The van der Waals surface area contributed by atoms with Crippen LogP contribution in [0.4, 0.5) is 0 Å². The molecule has 1 unspecified atom stereocenters. The number of aromatic amines is 1. The number of likely N-dealkylation sites (tertiary alicyclic amines) is 1. The molecule has 1 atom stereocenters. The molecule has 3 N–H and O–H groups in total. The van der Waals surface area contributed by atoms with Crippen molar-refractivity contribution in [3.8, 4) is 0 Å². The zero-order valence-corrected chi connectivity index (χ0v) is 14.1. The van der Waals surface area contributed by atoms with Gasteiger partial charge in [0.25, 0.3) is 0 Å². The largest absolute Gasteiger partial charge is 0.480 e. The molecule has 1 saturated carbocycles. The number of H-pyrrole nitrogens is 1. The van der Waals surface area contributed by atoms with E-state index in [1.54, 1.807) is 6.20 Å². The van der Waals surface area contributed by atoms with Gasteiger partial charge in [-0.15, -0.1) is 0 Å². The number of carbonyl (C=O) groups excluding carboxylic acids is 2. The zero-order chi connectivity index (χ0) is 17.8. The average molecular weight is 348 g/mol. The Labute approximate surface area is 146 Å². The van der Waals surface area contributed by atoms with Crippen LogP contribution in [-0.4, -0.2) is 56.9 Å². The number of nitrogens with one attached hydrogen (secondary N) is 2. The average Bonchev–Trinajstić information content (AvgIpc) is 3.05. The number of amides is 2. The third-order valence-corrected chi connectivity index (χ3v) is 5.23. The quantitative estimate of drug-likeness (QED) is 0.695. The molecule has 1 aromatic rings. The Kier molecular flexibility index (Phi) is 5.35. The molecule has 8 nitrogen and oxygen atoms in total. The number of carboxylic acid groups (broad SMARTS) is 1. The Hall–Kier alpha value is -2.38. The molecule has 2 heterocycles. The van der Waals surface area contributed by atoms with Crippen LogP contribution in [0.15, 0.2) is 12.5 Å². The van der Waals surface area contributed by atoms with Crippen molar-refractivity contribution in [2.45, 2.75) is 44.6 Å². The van der Waals surface area contributed by atoms with Gasteiger partial charge in [-0.05, 0) is 25.7 Å². The van der Waals surface area contributed by atoms with Crippen LogP contribution < -0.4 is 5.32 Å². The van der Waals surface area contributed by atoms with Crippen LogP contribution in [0.3, 0.4) is 0 Å². The molecule has 3 rings (SSSR count). The number of nitrogens with zero attached hydrogens (tertiary/aromatic N) is 2. The number of aliphatic carboxylic acids is 1. The summed E-state index contributed by atoms with van der Waals surface area (Å²) in [6, 6.07) is -0.984. The van der Waals surface area contributed by atoms with Crippen LogP contribution >= 0.6 is 0 Å². The molecule has 0 aromatic carbocycles. The molecule has 0 radical (unpaired) electrons. The number of carbonyl (C=O) groups is 3. The predicted molar refractivity (Wildman–Crippen MR) is 88.5 cm³/mol. The van der Waals surface area contributed by atoms with Crippen LogP contribution in [0, 0.1) is 11.8 Å². The normalized spacial score (nSPS) is 19.9. The fourth-order valence-electron chi connectivity index (χ4n) is 3.38. The van der Waals surface area contributed by atoms with E-state index in [4.69, 9.17) is 0 Å². The molecule has 2 fully saturated rings. The minimum atomic E-state index is -1.07. The second-order valence-corrected chi connectivity index (χ2v) is 6.91. The Bertz CT molecular complexity index is 619. The van der Waals surface area contributed by atoms with E-state index in [9.17, 15) is 19.5 Å². The van der Waals surface area contributed by atoms with E-state index in [0.717, 1.165) is 19.3 Å². The van der Waals surface area contributed by atoms with E-state index in [1.807, 2.05) is 4.90 Å². The lowest BCUT2D eigenvalue weighted by Gasteiger charge is -2.36. The number of hydrogen-bond donors (Lipinski definition) is 3. The van der Waals surface area contributed by atoms with Gasteiger partial charge >= 0.3 is 5.97 Å². The highest BCUT2D eigenvalue weighted by atomic mass is 16.4. The first-order valence-corrected chi connectivity index (χ1v) is 8.84. The summed E-state index contributed by atoms with van der Waals surface area (Å²) >= 11 is 0. The third-order valence-electron chi connectivity index (χ3n) is 5.23. The maximum absolute atomic E-state index is 12.4. The van der Waals surface area contributed by atoms with Gasteiger partial charge in [-0.1, -0.05) is 6.42 Å². The lowest BCUT2D eigenvalue weighted by atomic mass is 9.83. The van der Waals surface area contributed by atoms with Gasteiger partial charge in [0.2, 0.25) is 11.8 Å². The Morgan fingerprint density at radius 2 is 1.96 bits per heavy atom. The van der Waals surface area contributed by atoms with E-state index in [-0.39, 0.29) is 30.1 Å². The smallest absolute Gasteiger partial charge is 0.326 e. The number of rotatable bonds is 6. The van der Waals surface area contributed by atoms with E-state index in [2.05, 4.69) is 15.3 Å². The molecular weight excluding hydrogens is 324 g/mol. The highest BCUT2D eigenvalue weighted by molar-refractivity contribution is 5.85. The molecule has 1 aromatic heterocycles. The van der Waals surface area contributed by atoms with Crippen molar-refractivity contribution in [1.29, 1.82) is 0 Å². The second-order valence-electron chi connectivity index (χ2n) is 6.91. The molecule has 0 bridgehead atoms. The van der Waals surface area contributed by atoms with Crippen LogP contribution in [0.5, 0.6) is 0 Å². The van der Waals surface area contributed by atoms with E-state index >= 15 is 0 Å². The summed E-state index contributed by atoms with van der Waals surface area (Å²) in [4.78, 5) is 44.6. The van der Waals surface area contributed by atoms with Crippen LogP contribution in [-0.2, 0) is 20.8 Å². The number of imidazole rings is 1. The van der Waals surface area contributed by atoms with Gasteiger partial charge in [-0.2, -0.15) is 0 Å². The van der Waals surface area contributed by atoms with Crippen molar-refractivity contribution in [3.63, 3.8) is 0 Å². The van der Waals surface area contributed by atoms with Gasteiger partial charge in [0.1, 0.15) is 6.04 Å². The Morgan fingerprint density at radius 3 is 2.48 bits per heavy atom. The Balaban J connectivity index is 1.49. The molecule has 0 spiro atoms. The maximum Gasteiger partial charge on any atom is 0.326 e. The highest BCUT2D eigenvalue weighted by Crippen LogP contribution is 2.30. The summed E-state index contributed by atoms with van der Waals surface area (Å²) in [7, 11) is 0. The number of aromatic nitrogens is 2. The van der Waals surface area contributed by atoms with Crippen molar-refractivity contribution in [2.75, 3.05) is 13.1 Å². The number of hydrogen-bond acceptors (Lipinski definition) is 4. The van der Waals surface area contributed by atoms with Gasteiger partial charge in [0, 0.05) is 43.2 Å². The van der Waals surface area contributed by atoms with E-state index in [1.165, 1.54) is 6.33 Å². The fraction of sp³-hybridized carbons (Fsp3) is 0.647. The molecule has 1 aliphatic carbocycles. The minimum Gasteiger partial charge on any atom is -0.480 e. The number of piperidine rings is 1. The molecular formula is C17H24N4O4. The van der Waals surface area contributed by atoms with Gasteiger partial charge in [0.15, 0.2) is 0 Å². The summed E-state index contributed by atoms with van der Waals surface area (Å²) in [6.07, 6.45) is 7.45. The highest BCUT2D eigenvalue weighted by Gasteiger charge is 2.34. The van der Waals surface area contributed by atoms with Crippen molar-refractivity contribution in [1.82, 2.24) is 20.2 Å². The summed E-state index contributed by atoms with van der Waals surface area (Å²) in [6.45, 7) is 1.15. The predicted octanol–water partition coefficient (Wildman–Crippen LogP) is 0.560. The summed E-state index contributed by atoms with van der Waals surface area (Å²) in [5.41, 5.74) is 0.661. The fourth-order valence-corrected chi connectivity index (χ4v) is 3.38. The first kappa shape index (κ1) is 17.4. The molecule has 1 aliphatic heterocycles. The lowest BCUT2D eigenvalue weighted by Crippen LogP contribution is -2.49. The summed E-state index contributed by atoms with van der Waals surface area (Å²) < 4.78 is 0. The molecule has 2 aliphatic rings. The van der Waals surface area contributed by atoms with Gasteiger partial charge in [-0.25, -0.2) is 9.78 Å². The van der Waals surface area contributed by atoms with Gasteiger partial charge in [-0.3, -0.25) is 9.59 Å². The lowest BCUT2D eigenvalue weighted by molar-refractivity contribution is -0.143. The first-order chi connectivity index (χ1) is 12.0. The van der Waals surface area contributed by atoms with Crippen molar-refractivity contribution in [2.24, 2.45) is 11.8 Å². The molecule has 2 amide bonds. The van der Waals surface area contributed by atoms with Crippen molar-refractivity contribution < 1.29 is 19.5 Å². The SMILES string of the molecule is O=C(NC(Cc1cnc[nH]1)C(=O)O)C1CCN(C(=O)C2CCC2)CC1. The van der Waals surface area contributed by atoms with E-state index in [0.29, 0.717) is 31.6 Å². The Morgan fingerprint density at radius 1 is 1.24 bits per heavy atom. The van der Waals surface area contributed by atoms with Crippen LogP contribution in [0.1, 0.15) is 37.8 Å². The monoisotopic (exact) mass is 348 g/mol. The molecule has 136 valence electrons. The van der Waals surface area contributed by atoms with Crippen molar-refractivity contribution in [3.05, 3.63) is 18.2 Å². The summed E-state index contributed by atoms with van der Waals surface area (Å²) in [5.74, 6) is -1.17. The third kappa shape index (κ3) is 4.18. The maximum atomic E-state index is 12.4. The number of carboxylic acids is 1. The minimum absolute atomic E-state index is 0.167. The summed E-state index contributed by atoms with van der Waals surface area (Å²) in [5, 5.41) is 12.0. The topological polar surface area (TPSA) is 115 Å². The molecule has 8 heteroatoms. The van der Waals surface area contributed by atoms with Gasteiger partial charge in [0.05, 0.1) is 6.33 Å². The van der Waals surface area contributed by atoms with E-state index < -0.39 is 12.0 Å². The zero-order valence-electron chi connectivity index (χ0n) is 14.1.